The maximum absolute atomic E-state index is 13.2. The van der Waals surface area contributed by atoms with Gasteiger partial charge in [0, 0.05) is 24.7 Å². The lowest BCUT2D eigenvalue weighted by atomic mass is 9.99. The number of halogens is 2. The van der Waals surface area contributed by atoms with Gasteiger partial charge in [-0.1, -0.05) is 6.07 Å². The van der Waals surface area contributed by atoms with E-state index in [-0.39, 0.29) is 11.6 Å². The first-order valence-corrected chi connectivity index (χ1v) is 6.43. The Balaban J connectivity index is 2.07. The summed E-state index contributed by atoms with van der Waals surface area (Å²) < 4.78 is 31.6. The Bertz CT molecular complexity index is 451. The highest BCUT2D eigenvalue weighted by Crippen LogP contribution is 2.23. The number of hydrogen-bond acceptors (Lipinski definition) is 3. The standard InChI is InChI=1S/C14H20F2N2O/c1-14(2)9-19-6-5-18(14)8-13(17)10-3-4-11(15)12(16)7-10/h3-4,7,13H,5-6,8-9,17H2,1-2H3. The van der Waals surface area contributed by atoms with Crippen molar-refractivity contribution in [3.05, 3.63) is 35.4 Å². The molecule has 1 fully saturated rings. The van der Waals surface area contributed by atoms with Gasteiger partial charge in [0.05, 0.1) is 13.2 Å². The van der Waals surface area contributed by atoms with E-state index in [4.69, 9.17) is 10.5 Å². The van der Waals surface area contributed by atoms with E-state index in [9.17, 15) is 8.78 Å². The maximum Gasteiger partial charge on any atom is 0.159 e. The molecule has 1 aromatic rings. The van der Waals surface area contributed by atoms with Crippen molar-refractivity contribution in [1.82, 2.24) is 4.90 Å². The van der Waals surface area contributed by atoms with E-state index in [0.29, 0.717) is 25.3 Å². The second-order valence-corrected chi connectivity index (χ2v) is 5.59. The van der Waals surface area contributed by atoms with Crippen molar-refractivity contribution in [2.45, 2.75) is 25.4 Å². The monoisotopic (exact) mass is 270 g/mol. The lowest BCUT2D eigenvalue weighted by molar-refractivity contribution is -0.0531. The van der Waals surface area contributed by atoms with E-state index in [1.54, 1.807) is 0 Å². The number of hydrogen-bond donors (Lipinski definition) is 1. The quantitative estimate of drug-likeness (QED) is 0.914. The van der Waals surface area contributed by atoms with Crippen LogP contribution in [0.25, 0.3) is 0 Å². The molecule has 106 valence electrons. The van der Waals surface area contributed by atoms with Gasteiger partial charge in [-0.25, -0.2) is 8.78 Å². The molecule has 0 aliphatic carbocycles. The molecule has 2 N–H and O–H groups in total. The van der Waals surface area contributed by atoms with Crippen LogP contribution in [-0.2, 0) is 4.74 Å². The lowest BCUT2D eigenvalue weighted by Crippen LogP contribution is -2.54. The molecular formula is C14H20F2N2O. The van der Waals surface area contributed by atoms with Gasteiger partial charge in [0.15, 0.2) is 11.6 Å². The van der Waals surface area contributed by atoms with Gasteiger partial charge in [-0.3, -0.25) is 4.90 Å². The summed E-state index contributed by atoms with van der Waals surface area (Å²) in [6, 6.07) is 3.49. The summed E-state index contributed by atoms with van der Waals surface area (Å²) in [5, 5.41) is 0. The molecule has 1 aliphatic heterocycles. The first kappa shape index (κ1) is 14.4. The molecule has 1 unspecified atom stereocenters. The van der Waals surface area contributed by atoms with Crippen LogP contribution >= 0.6 is 0 Å². The van der Waals surface area contributed by atoms with Gasteiger partial charge in [0.2, 0.25) is 0 Å². The molecule has 0 amide bonds. The highest BCUT2D eigenvalue weighted by molar-refractivity contribution is 5.21. The molecule has 0 saturated carbocycles. The van der Waals surface area contributed by atoms with Crippen LogP contribution in [0, 0.1) is 11.6 Å². The smallest absolute Gasteiger partial charge is 0.159 e. The lowest BCUT2D eigenvalue weighted by Gasteiger charge is -2.43. The number of ether oxygens (including phenoxy) is 1. The van der Waals surface area contributed by atoms with Gasteiger partial charge < -0.3 is 10.5 Å². The Morgan fingerprint density at radius 2 is 2.11 bits per heavy atom. The fourth-order valence-electron chi connectivity index (χ4n) is 2.31. The summed E-state index contributed by atoms with van der Waals surface area (Å²) in [5.74, 6) is -1.70. The van der Waals surface area contributed by atoms with Gasteiger partial charge in [0.1, 0.15) is 0 Å². The van der Waals surface area contributed by atoms with E-state index in [1.807, 2.05) is 0 Å². The maximum atomic E-state index is 13.2. The number of rotatable bonds is 3. The summed E-state index contributed by atoms with van der Waals surface area (Å²) in [6.07, 6.45) is 0. The average Bonchev–Trinajstić information content (AvgIpc) is 2.35. The summed E-state index contributed by atoms with van der Waals surface area (Å²) in [4.78, 5) is 2.22. The number of nitrogens with zero attached hydrogens (tertiary/aromatic N) is 1. The van der Waals surface area contributed by atoms with Gasteiger partial charge in [0.25, 0.3) is 0 Å². The zero-order chi connectivity index (χ0) is 14.0. The normalized spacial score (nSPS) is 21.3. The molecule has 2 rings (SSSR count). The molecule has 1 atom stereocenters. The van der Waals surface area contributed by atoms with Crippen molar-refractivity contribution >= 4 is 0 Å². The number of benzene rings is 1. The topological polar surface area (TPSA) is 38.5 Å². The van der Waals surface area contributed by atoms with Gasteiger partial charge in [-0.2, -0.15) is 0 Å². The molecule has 5 heteroatoms. The van der Waals surface area contributed by atoms with Crippen LogP contribution in [0.4, 0.5) is 8.78 Å². The molecule has 3 nitrogen and oxygen atoms in total. The summed E-state index contributed by atoms with van der Waals surface area (Å²) >= 11 is 0. The van der Waals surface area contributed by atoms with Crippen LogP contribution in [0.3, 0.4) is 0 Å². The zero-order valence-corrected chi connectivity index (χ0v) is 11.3. The molecule has 0 radical (unpaired) electrons. The Morgan fingerprint density at radius 3 is 2.74 bits per heavy atom. The van der Waals surface area contributed by atoms with Gasteiger partial charge in [-0.15, -0.1) is 0 Å². The fourth-order valence-corrected chi connectivity index (χ4v) is 2.31. The van der Waals surface area contributed by atoms with Crippen molar-refractivity contribution in [2.24, 2.45) is 5.73 Å². The third-order valence-electron chi connectivity index (χ3n) is 3.61. The van der Waals surface area contributed by atoms with Gasteiger partial charge >= 0.3 is 0 Å². The predicted molar refractivity (Wildman–Crippen MR) is 69.8 cm³/mol. The molecule has 1 aromatic carbocycles. The van der Waals surface area contributed by atoms with E-state index in [1.165, 1.54) is 12.1 Å². The SMILES string of the molecule is CC1(C)COCCN1CC(N)c1ccc(F)c(F)c1. The Kier molecular flexibility index (Phi) is 4.18. The zero-order valence-electron chi connectivity index (χ0n) is 11.3. The van der Waals surface area contributed by atoms with E-state index >= 15 is 0 Å². The molecular weight excluding hydrogens is 250 g/mol. The van der Waals surface area contributed by atoms with Crippen molar-refractivity contribution in [3.8, 4) is 0 Å². The minimum absolute atomic E-state index is 0.0888. The van der Waals surface area contributed by atoms with Crippen LogP contribution in [0.5, 0.6) is 0 Å². The highest BCUT2D eigenvalue weighted by Gasteiger charge is 2.31. The molecule has 19 heavy (non-hydrogen) atoms. The van der Waals surface area contributed by atoms with Crippen LogP contribution in [-0.4, -0.2) is 36.7 Å². The second-order valence-electron chi connectivity index (χ2n) is 5.59. The van der Waals surface area contributed by atoms with Crippen LogP contribution in [0.2, 0.25) is 0 Å². The first-order chi connectivity index (χ1) is 8.90. The van der Waals surface area contributed by atoms with Crippen LogP contribution in [0.1, 0.15) is 25.5 Å². The molecule has 1 heterocycles. The molecule has 0 bridgehead atoms. The minimum Gasteiger partial charge on any atom is -0.378 e. The summed E-state index contributed by atoms with van der Waals surface area (Å²) in [7, 11) is 0. The number of morpholine rings is 1. The predicted octanol–water partition coefficient (Wildman–Crippen LogP) is 2.08. The Hall–Kier alpha value is -1.04. The fraction of sp³-hybridized carbons (Fsp3) is 0.571. The van der Waals surface area contributed by atoms with E-state index in [2.05, 4.69) is 18.7 Å². The first-order valence-electron chi connectivity index (χ1n) is 6.43. The Morgan fingerprint density at radius 1 is 1.37 bits per heavy atom. The molecule has 0 aromatic heterocycles. The van der Waals surface area contributed by atoms with E-state index in [0.717, 1.165) is 12.6 Å². The van der Waals surface area contributed by atoms with Crippen molar-refractivity contribution in [3.63, 3.8) is 0 Å². The molecule has 0 spiro atoms. The highest BCUT2D eigenvalue weighted by atomic mass is 19.2. The Labute approximate surface area is 112 Å². The third-order valence-corrected chi connectivity index (χ3v) is 3.61. The van der Waals surface area contributed by atoms with Crippen LogP contribution in [0.15, 0.2) is 18.2 Å². The minimum atomic E-state index is -0.853. The second kappa shape index (κ2) is 5.53. The largest absolute Gasteiger partial charge is 0.378 e. The molecule has 1 saturated heterocycles. The van der Waals surface area contributed by atoms with Crippen molar-refractivity contribution in [1.29, 1.82) is 0 Å². The number of nitrogens with two attached hydrogens (primary N) is 1. The van der Waals surface area contributed by atoms with Crippen molar-refractivity contribution in [2.75, 3.05) is 26.3 Å². The molecule has 1 aliphatic rings. The average molecular weight is 270 g/mol. The van der Waals surface area contributed by atoms with Gasteiger partial charge in [-0.05, 0) is 31.5 Å². The summed E-state index contributed by atoms with van der Waals surface area (Å²) in [6.45, 7) is 6.89. The van der Waals surface area contributed by atoms with Crippen molar-refractivity contribution < 1.29 is 13.5 Å². The third kappa shape index (κ3) is 3.29. The summed E-state index contributed by atoms with van der Waals surface area (Å²) in [5.41, 5.74) is 6.62. The van der Waals surface area contributed by atoms with Crippen LogP contribution < -0.4 is 5.73 Å². The van der Waals surface area contributed by atoms with E-state index < -0.39 is 11.6 Å².